The highest BCUT2D eigenvalue weighted by molar-refractivity contribution is 9.10. The molecule has 1 N–H and O–H groups in total. The third-order valence-electron chi connectivity index (χ3n) is 2.79. The standard InChI is InChI=1S/C14H10BrClN4O2S/c15-9-1-4-13(12(16)5-9)21-7-11-3-2-10(22-11)6-18-20-8-17-19-14(20)23/h1-6,8H,7H2,(H,19,23)/b18-6-. The van der Waals surface area contributed by atoms with E-state index in [0.29, 0.717) is 27.1 Å². The number of hydrogen-bond donors (Lipinski definition) is 1. The summed E-state index contributed by atoms with van der Waals surface area (Å²) >= 11 is 14.4. The van der Waals surface area contributed by atoms with Gasteiger partial charge in [0.2, 0.25) is 4.77 Å². The third-order valence-corrected chi connectivity index (χ3v) is 3.86. The molecule has 0 saturated carbocycles. The largest absolute Gasteiger partial charge is 0.484 e. The molecule has 0 saturated heterocycles. The van der Waals surface area contributed by atoms with Gasteiger partial charge in [-0.3, -0.25) is 5.10 Å². The zero-order chi connectivity index (χ0) is 16.2. The maximum Gasteiger partial charge on any atom is 0.216 e. The number of furan rings is 1. The Hall–Kier alpha value is -1.90. The van der Waals surface area contributed by atoms with Crippen molar-refractivity contribution in [3.63, 3.8) is 0 Å². The van der Waals surface area contributed by atoms with Gasteiger partial charge in [-0.1, -0.05) is 27.5 Å². The smallest absolute Gasteiger partial charge is 0.216 e. The second-order valence-electron chi connectivity index (χ2n) is 4.42. The van der Waals surface area contributed by atoms with Gasteiger partial charge in [0.1, 0.15) is 30.2 Å². The summed E-state index contributed by atoms with van der Waals surface area (Å²) in [7, 11) is 0. The number of benzene rings is 1. The normalized spacial score (nSPS) is 11.2. The molecule has 0 bridgehead atoms. The van der Waals surface area contributed by atoms with Gasteiger partial charge in [-0.2, -0.15) is 14.9 Å². The lowest BCUT2D eigenvalue weighted by molar-refractivity contribution is 0.270. The van der Waals surface area contributed by atoms with Crippen molar-refractivity contribution in [2.75, 3.05) is 0 Å². The molecule has 2 heterocycles. The molecule has 3 rings (SSSR count). The number of aromatic nitrogens is 3. The van der Waals surface area contributed by atoms with Crippen LogP contribution in [0.25, 0.3) is 0 Å². The lowest BCUT2D eigenvalue weighted by Crippen LogP contribution is -1.94. The molecule has 0 aliphatic carbocycles. The molecule has 0 fully saturated rings. The molecule has 0 aliphatic heterocycles. The number of rotatable bonds is 5. The Labute approximate surface area is 149 Å². The van der Waals surface area contributed by atoms with Gasteiger partial charge in [-0.25, -0.2) is 0 Å². The van der Waals surface area contributed by atoms with Crippen LogP contribution in [-0.2, 0) is 6.61 Å². The van der Waals surface area contributed by atoms with Crippen LogP contribution in [0.3, 0.4) is 0 Å². The highest BCUT2D eigenvalue weighted by Gasteiger charge is 2.05. The number of H-pyrrole nitrogens is 1. The highest BCUT2D eigenvalue weighted by atomic mass is 79.9. The van der Waals surface area contributed by atoms with Crippen molar-refractivity contribution in [3.05, 3.63) is 62.4 Å². The van der Waals surface area contributed by atoms with Crippen molar-refractivity contribution < 1.29 is 9.15 Å². The molecular formula is C14H10BrClN4O2S. The number of nitrogens with zero attached hydrogens (tertiary/aromatic N) is 3. The highest BCUT2D eigenvalue weighted by Crippen LogP contribution is 2.28. The molecular weight excluding hydrogens is 404 g/mol. The summed E-state index contributed by atoms with van der Waals surface area (Å²) in [6, 6.07) is 9.01. The Morgan fingerprint density at radius 1 is 1.43 bits per heavy atom. The van der Waals surface area contributed by atoms with Gasteiger partial charge in [0, 0.05) is 4.47 Å². The quantitative estimate of drug-likeness (QED) is 0.497. The summed E-state index contributed by atoms with van der Waals surface area (Å²) in [6.07, 6.45) is 3.02. The monoisotopic (exact) mass is 412 g/mol. The first-order chi connectivity index (χ1) is 11.1. The molecule has 0 radical (unpaired) electrons. The van der Waals surface area contributed by atoms with Gasteiger partial charge in [0.15, 0.2) is 0 Å². The van der Waals surface area contributed by atoms with E-state index in [4.69, 9.17) is 33.0 Å². The Bertz CT molecular complexity index is 902. The number of ether oxygens (including phenoxy) is 1. The van der Waals surface area contributed by atoms with E-state index in [1.807, 2.05) is 12.1 Å². The summed E-state index contributed by atoms with van der Waals surface area (Å²) in [5.74, 6) is 1.82. The average Bonchev–Trinajstić information content (AvgIpc) is 3.13. The van der Waals surface area contributed by atoms with Gasteiger partial charge in [0.05, 0.1) is 11.2 Å². The predicted molar refractivity (Wildman–Crippen MR) is 92.6 cm³/mol. The molecule has 23 heavy (non-hydrogen) atoms. The molecule has 0 atom stereocenters. The van der Waals surface area contributed by atoms with Crippen LogP contribution in [0.5, 0.6) is 5.75 Å². The number of nitrogens with one attached hydrogen (secondary N) is 1. The molecule has 9 heteroatoms. The third kappa shape index (κ3) is 4.10. The zero-order valence-electron chi connectivity index (χ0n) is 11.6. The lowest BCUT2D eigenvalue weighted by atomic mass is 10.3. The van der Waals surface area contributed by atoms with Crippen LogP contribution in [0, 0.1) is 4.77 Å². The van der Waals surface area contributed by atoms with Crippen molar-refractivity contribution in [3.8, 4) is 5.75 Å². The fourth-order valence-corrected chi connectivity index (χ4v) is 2.60. The fourth-order valence-electron chi connectivity index (χ4n) is 1.73. The second kappa shape index (κ2) is 7.12. The second-order valence-corrected chi connectivity index (χ2v) is 6.13. The van der Waals surface area contributed by atoms with E-state index >= 15 is 0 Å². The summed E-state index contributed by atoms with van der Waals surface area (Å²) in [5.41, 5.74) is 0. The van der Waals surface area contributed by atoms with E-state index in [-0.39, 0.29) is 6.61 Å². The Kier molecular flexibility index (Phi) is 4.94. The van der Waals surface area contributed by atoms with Gasteiger partial charge >= 0.3 is 0 Å². The van der Waals surface area contributed by atoms with Crippen LogP contribution < -0.4 is 4.74 Å². The van der Waals surface area contributed by atoms with E-state index in [1.54, 1.807) is 24.4 Å². The molecule has 0 amide bonds. The van der Waals surface area contributed by atoms with Crippen LogP contribution >= 0.6 is 39.7 Å². The van der Waals surface area contributed by atoms with Crippen molar-refractivity contribution in [2.24, 2.45) is 5.10 Å². The minimum atomic E-state index is 0.264. The summed E-state index contributed by atoms with van der Waals surface area (Å²) < 4.78 is 14.0. The van der Waals surface area contributed by atoms with Crippen molar-refractivity contribution in [1.82, 2.24) is 14.9 Å². The first-order valence-corrected chi connectivity index (χ1v) is 8.03. The summed E-state index contributed by atoms with van der Waals surface area (Å²) in [6.45, 7) is 0.264. The summed E-state index contributed by atoms with van der Waals surface area (Å²) in [5, 5.41) is 11.0. The van der Waals surface area contributed by atoms with Crippen LogP contribution in [0.2, 0.25) is 5.02 Å². The van der Waals surface area contributed by atoms with E-state index in [9.17, 15) is 0 Å². The van der Waals surface area contributed by atoms with Crippen LogP contribution in [0.1, 0.15) is 11.5 Å². The first kappa shape index (κ1) is 16.0. The molecule has 118 valence electrons. The van der Waals surface area contributed by atoms with E-state index < -0.39 is 0 Å². The van der Waals surface area contributed by atoms with Gasteiger partial charge in [-0.05, 0) is 42.5 Å². The summed E-state index contributed by atoms with van der Waals surface area (Å²) in [4.78, 5) is 0. The molecule has 3 aromatic rings. The Balaban J connectivity index is 1.64. The van der Waals surface area contributed by atoms with Crippen molar-refractivity contribution in [2.45, 2.75) is 6.61 Å². The maximum atomic E-state index is 6.09. The lowest BCUT2D eigenvalue weighted by Gasteiger charge is -2.06. The number of halogens is 2. The van der Waals surface area contributed by atoms with Crippen LogP contribution in [0.4, 0.5) is 0 Å². The average molecular weight is 414 g/mol. The van der Waals surface area contributed by atoms with E-state index in [1.165, 1.54) is 11.0 Å². The SMILES string of the molecule is S=c1[nH]ncn1/N=C\c1ccc(COc2ccc(Br)cc2Cl)o1. The molecule has 1 aromatic carbocycles. The minimum absolute atomic E-state index is 0.264. The minimum Gasteiger partial charge on any atom is -0.484 e. The van der Waals surface area contributed by atoms with Gasteiger partial charge in [-0.15, -0.1) is 0 Å². The van der Waals surface area contributed by atoms with E-state index in [2.05, 4.69) is 31.2 Å². The Morgan fingerprint density at radius 2 is 2.30 bits per heavy atom. The molecule has 0 unspecified atom stereocenters. The van der Waals surface area contributed by atoms with Crippen molar-refractivity contribution >= 4 is 46.0 Å². The van der Waals surface area contributed by atoms with Crippen LogP contribution in [0.15, 0.2) is 50.7 Å². The molecule has 2 aromatic heterocycles. The zero-order valence-corrected chi connectivity index (χ0v) is 14.7. The van der Waals surface area contributed by atoms with E-state index in [0.717, 1.165) is 4.47 Å². The predicted octanol–water partition coefficient (Wildman–Crippen LogP) is 4.41. The topological polar surface area (TPSA) is 68.3 Å². The van der Waals surface area contributed by atoms with Gasteiger partial charge in [0.25, 0.3) is 0 Å². The molecule has 0 spiro atoms. The Morgan fingerprint density at radius 3 is 3.04 bits per heavy atom. The van der Waals surface area contributed by atoms with Crippen molar-refractivity contribution in [1.29, 1.82) is 0 Å². The molecule has 6 nitrogen and oxygen atoms in total. The van der Waals surface area contributed by atoms with Gasteiger partial charge < -0.3 is 9.15 Å². The molecule has 0 aliphatic rings. The van der Waals surface area contributed by atoms with Crippen LogP contribution in [-0.4, -0.2) is 21.1 Å². The number of aromatic amines is 1. The first-order valence-electron chi connectivity index (χ1n) is 6.45. The maximum absolute atomic E-state index is 6.09. The fraction of sp³-hybridized carbons (Fsp3) is 0.0714. The number of hydrogen-bond acceptors (Lipinski definition) is 5.